The van der Waals surface area contributed by atoms with Gasteiger partial charge in [-0.15, -0.1) is 0 Å². The van der Waals surface area contributed by atoms with E-state index in [2.05, 4.69) is 5.16 Å². The molecule has 1 aromatic rings. The first-order valence-corrected chi connectivity index (χ1v) is 5.81. The second kappa shape index (κ2) is 3.75. The molecule has 3 nitrogen and oxygen atoms in total. The largest absolute Gasteiger partial charge is 0.392 e. The van der Waals surface area contributed by atoms with Gasteiger partial charge in [0.1, 0.15) is 6.10 Å². The quantitative estimate of drug-likeness (QED) is 0.814. The van der Waals surface area contributed by atoms with E-state index in [4.69, 9.17) is 16.4 Å². The molecule has 1 heterocycles. The molecule has 1 fully saturated rings. The second-order valence-electron chi connectivity index (χ2n) is 4.30. The summed E-state index contributed by atoms with van der Waals surface area (Å²) in [5, 5.41) is 14.7. The van der Waals surface area contributed by atoms with Gasteiger partial charge in [-0.3, -0.25) is 0 Å². The van der Waals surface area contributed by atoms with Crippen molar-refractivity contribution in [3.8, 4) is 0 Å². The van der Waals surface area contributed by atoms with Gasteiger partial charge in [-0.1, -0.05) is 28.9 Å². The minimum Gasteiger partial charge on any atom is -0.392 e. The van der Waals surface area contributed by atoms with Crippen molar-refractivity contribution in [3.05, 3.63) is 34.9 Å². The number of benzene rings is 1. The van der Waals surface area contributed by atoms with E-state index in [9.17, 15) is 5.11 Å². The van der Waals surface area contributed by atoms with Crippen LogP contribution in [0.1, 0.15) is 18.4 Å². The Balaban J connectivity index is 1.93. The summed E-state index contributed by atoms with van der Waals surface area (Å²) in [6.07, 6.45) is 1.40. The molecule has 3 rings (SSSR count). The van der Waals surface area contributed by atoms with Crippen molar-refractivity contribution in [1.82, 2.24) is 0 Å². The van der Waals surface area contributed by atoms with Crippen LogP contribution in [-0.2, 0) is 4.84 Å². The highest BCUT2D eigenvalue weighted by atomic mass is 35.5. The van der Waals surface area contributed by atoms with Crippen LogP contribution in [0.5, 0.6) is 0 Å². The maximum Gasteiger partial charge on any atom is 0.138 e. The molecule has 0 spiro atoms. The molecule has 1 aliphatic heterocycles. The lowest BCUT2D eigenvalue weighted by Gasteiger charge is -2.13. The Bertz CT molecular complexity index is 429. The van der Waals surface area contributed by atoms with E-state index >= 15 is 0 Å². The average molecular weight is 238 g/mol. The van der Waals surface area contributed by atoms with Gasteiger partial charge >= 0.3 is 0 Å². The molecule has 1 N–H and O–H groups in total. The normalized spacial score (nSPS) is 32.1. The van der Waals surface area contributed by atoms with Crippen molar-refractivity contribution >= 4 is 17.3 Å². The maximum absolute atomic E-state index is 9.90. The Morgan fingerprint density at radius 1 is 1.25 bits per heavy atom. The van der Waals surface area contributed by atoms with Crippen molar-refractivity contribution in [2.24, 2.45) is 11.1 Å². The molecular weight excluding hydrogens is 226 g/mol. The molecule has 16 heavy (non-hydrogen) atoms. The summed E-state index contributed by atoms with van der Waals surface area (Å²) >= 11 is 5.84. The first-order chi connectivity index (χ1) is 7.75. The number of nitrogens with zero attached hydrogens (tertiary/aromatic N) is 1. The number of fused-ring (bicyclic) bond motifs is 1. The topological polar surface area (TPSA) is 41.8 Å². The van der Waals surface area contributed by atoms with Gasteiger partial charge in [0.2, 0.25) is 0 Å². The van der Waals surface area contributed by atoms with Gasteiger partial charge in [-0.25, -0.2) is 0 Å². The van der Waals surface area contributed by atoms with E-state index in [0.717, 1.165) is 24.1 Å². The van der Waals surface area contributed by atoms with Gasteiger partial charge in [0.25, 0.3) is 0 Å². The van der Waals surface area contributed by atoms with Gasteiger partial charge in [0.05, 0.1) is 17.7 Å². The maximum atomic E-state index is 9.90. The standard InChI is InChI=1S/C12H12ClNO2/c13-8-3-1-7(2-4-8)12-11-9(15)5-6-10(11)16-14-12/h1-4,9-11,15H,5-6H2/t9-,10-,11+/m0/s1. The van der Waals surface area contributed by atoms with Crippen LogP contribution in [0.15, 0.2) is 29.4 Å². The summed E-state index contributed by atoms with van der Waals surface area (Å²) in [5.74, 6) is 0.0289. The van der Waals surface area contributed by atoms with Gasteiger partial charge in [0, 0.05) is 5.02 Å². The number of hydrogen-bond acceptors (Lipinski definition) is 3. The average Bonchev–Trinajstić information content (AvgIpc) is 2.84. The van der Waals surface area contributed by atoms with Crippen molar-refractivity contribution in [1.29, 1.82) is 0 Å². The van der Waals surface area contributed by atoms with Crippen LogP contribution in [0.2, 0.25) is 5.02 Å². The lowest BCUT2D eigenvalue weighted by atomic mass is 9.93. The predicted octanol–water partition coefficient (Wildman–Crippen LogP) is 2.21. The summed E-state index contributed by atoms with van der Waals surface area (Å²) in [6.45, 7) is 0. The molecule has 1 aliphatic carbocycles. The Kier molecular flexibility index (Phi) is 2.37. The van der Waals surface area contributed by atoms with Crippen LogP contribution in [0.4, 0.5) is 0 Å². The molecule has 1 saturated carbocycles. The van der Waals surface area contributed by atoms with Crippen LogP contribution < -0.4 is 0 Å². The molecule has 0 saturated heterocycles. The monoisotopic (exact) mass is 237 g/mol. The van der Waals surface area contributed by atoms with Gasteiger partial charge in [0.15, 0.2) is 0 Å². The first-order valence-electron chi connectivity index (χ1n) is 5.43. The van der Waals surface area contributed by atoms with Gasteiger partial charge < -0.3 is 9.94 Å². The third kappa shape index (κ3) is 1.51. The first kappa shape index (κ1) is 10.1. The second-order valence-corrected chi connectivity index (χ2v) is 4.73. The van der Waals surface area contributed by atoms with E-state index in [1.165, 1.54) is 0 Å². The molecular formula is C12H12ClNO2. The molecule has 0 aromatic heterocycles. The zero-order valence-electron chi connectivity index (χ0n) is 8.64. The Labute approximate surface area is 98.7 Å². The molecule has 0 radical (unpaired) electrons. The van der Waals surface area contributed by atoms with Crippen LogP contribution >= 0.6 is 11.6 Å². The summed E-state index contributed by atoms with van der Waals surface area (Å²) in [7, 11) is 0. The number of hydrogen-bond donors (Lipinski definition) is 1. The smallest absolute Gasteiger partial charge is 0.138 e. The highest BCUT2D eigenvalue weighted by Crippen LogP contribution is 2.36. The van der Waals surface area contributed by atoms with Crippen molar-refractivity contribution in [3.63, 3.8) is 0 Å². The number of oxime groups is 1. The number of rotatable bonds is 1. The minimum absolute atomic E-state index is 0.0289. The number of aliphatic hydroxyl groups is 1. The summed E-state index contributed by atoms with van der Waals surface area (Å²) < 4.78 is 0. The Morgan fingerprint density at radius 3 is 2.75 bits per heavy atom. The van der Waals surface area contributed by atoms with Crippen LogP contribution in [0.3, 0.4) is 0 Å². The van der Waals surface area contributed by atoms with Gasteiger partial charge in [-0.05, 0) is 30.5 Å². The van der Waals surface area contributed by atoms with Crippen LogP contribution in [0.25, 0.3) is 0 Å². The summed E-state index contributed by atoms with van der Waals surface area (Å²) in [5.41, 5.74) is 1.84. The zero-order chi connectivity index (χ0) is 11.1. The third-order valence-corrected chi connectivity index (χ3v) is 3.56. The van der Waals surface area contributed by atoms with E-state index in [-0.39, 0.29) is 18.1 Å². The molecule has 2 aliphatic rings. The van der Waals surface area contributed by atoms with E-state index in [1.54, 1.807) is 0 Å². The molecule has 0 unspecified atom stereocenters. The Morgan fingerprint density at radius 2 is 2.00 bits per heavy atom. The van der Waals surface area contributed by atoms with Crippen molar-refractivity contribution < 1.29 is 9.94 Å². The van der Waals surface area contributed by atoms with Crippen LogP contribution in [-0.4, -0.2) is 23.0 Å². The molecule has 84 valence electrons. The fourth-order valence-electron chi connectivity index (χ4n) is 2.47. The fourth-order valence-corrected chi connectivity index (χ4v) is 2.60. The third-order valence-electron chi connectivity index (χ3n) is 3.30. The molecule has 0 bridgehead atoms. The Hall–Kier alpha value is -1.06. The minimum atomic E-state index is -0.332. The lowest BCUT2D eigenvalue weighted by Crippen LogP contribution is -2.27. The number of halogens is 1. The highest BCUT2D eigenvalue weighted by molar-refractivity contribution is 6.30. The van der Waals surface area contributed by atoms with Gasteiger partial charge in [-0.2, -0.15) is 0 Å². The molecule has 0 amide bonds. The van der Waals surface area contributed by atoms with Crippen LogP contribution in [0, 0.1) is 5.92 Å². The molecule has 1 aromatic carbocycles. The summed E-state index contributed by atoms with van der Waals surface area (Å²) in [6, 6.07) is 7.48. The van der Waals surface area contributed by atoms with Crippen molar-refractivity contribution in [2.75, 3.05) is 0 Å². The van der Waals surface area contributed by atoms with E-state index in [1.807, 2.05) is 24.3 Å². The van der Waals surface area contributed by atoms with E-state index < -0.39 is 0 Å². The SMILES string of the molecule is O[C@H]1CC[C@@H]2ON=C(c3ccc(Cl)cc3)[C@@H]21. The van der Waals surface area contributed by atoms with E-state index in [0.29, 0.717) is 5.02 Å². The lowest BCUT2D eigenvalue weighted by molar-refractivity contribution is 0.0583. The summed E-state index contributed by atoms with van der Waals surface area (Å²) in [4.78, 5) is 5.34. The van der Waals surface area contributed by atoms with Crippen molar-refractivity contribution in [2.45, 2.75) is 25.0 Å². The zero-order valence-corrected chi connectivity index (χ0v) is 9.39. The highest BCUT2D eigenvalue weighted by Gasteiger charge is 2.44. The number of aliphatic hydroxyl groups excluding tert-OH is 1. The molecule has 3 atom stereocenters. The predicted molar refractivity (Wildman–Crippen MR) is 61.6 cm³/mol. The fraction of sp³-hybridized carbons (Fsp3) is 0.417. The molecule has 4 heteroatoms.